The summed E-state index contributed by atoms with van der Waals surface area (Å²) in [6.07, 6.45) is -1.22. The monoisotopic (exact) mass is 268 g/mol. The van der Waals surface area contributed by atoms with E-state index in [2.05, 4.69) is 5.32 Å². The van der Waals surface area contributed by atoms with Crippen molar-refractivity contribution >= 4 is 17.9 Å². The lowest BCUT2D eigenvalue weighted by Crippen LogP contribution is -2.43. The first-order valence-corrected chi connectivity index (χ1v) is 5.43. The van der Waals surface area contributed by atoms with Gasteiger partial charge in [-0.25, -0.2) is 14.0 Å². The molecular weight excluding hydrogens is 255 g/mol. The Kier molecular flexibility index (Phi) is 4.99. The van der Waals surface area contributed by atoms with Gasteiger partial charge in [0.15, 0.2) is 6.10 Å². The first-order chi connectivity index (χ1) is 8.95. The summed E-state index contributed by atoms with van der Waals surface area (Å²) in [4.78, 5) is 33.9. The fraction of sp³-hybridized carbons (Fsp3) is 0.250. The zero-order valence-corrected chi connectivity index (χ0v) is 10.4. The van der Waals surface area contributed by atoms with Crippen molar-refractivity contribution in [2.24, 2.45) is 0 Å². The van der Waals surface area contributed by atoms with Gasteiger partial charge in [0.1, 0.15) is 5.82 Å². The molecule has 19 heavy (non-hydrogen) atoms. The molecule has 3 amide bonds. The minimum absolute atomic E-state index is 0.276. The van der Waals surface area contributed by atoms with Crippen LogP contribution in [0, 0.1) is 5.82 Å². The zero-order chi connectivity index (χ0) is 14.4. The van der Waals surface area contributed by atoms with Crippen LogP contribution in [0.5, 0.6) is 0 Å². The van der Waals surface area contributed by atoms with Gasteiger partial charge in [-0.3, -0.25) is 10.1 Å². The van der Waals surface area contributed by atoms with Crippen LogP contribution < -0.4 is 10.6 Å². The van der Waals surface area contributed by atoms with Crippen molar-refractivity contribution in [2.45, 2.75) is 13.0 Å². The number of rotatable bonds is 3. The second-order valence-electron chi connectivity index (χ2n) is 3.60. The summed E-state index contributed by atoms with van der Waals surface area (Å²) in [5.74, 6) is -2.52. The first kappa shape index (κ1) is 14.6. The SMILES string of the molecule is CNC(=O)NC(=O)[C@H](C)OC(=O)c1ccccc1F. The van der Waals surface area contributed by atoms with E-state index in [1.165, 1.54) is 32.2 Å². The fourth-order valence-electron chi connectivity index (χ4n) is 1.18. The third kappa shape index (κ3) is 4.06. The summed E-state index contributed by atoms with van der Waals surface area (Å²) in [6, 6.07) is 4.51. The standard InChI is InChI=1S/C12H13FN2O4/c1-7(10(16)15-12(18)14-2)19-11(17)8-5-3-4-6-9(8)13/h3-7H,1-2H3,(H2,14,15,16,18)/t7-/m0/s1. The smallest absolute Gasteiger partial charge is 0.341 e. The number of hydrogen-bond acceptors (Lipinski definition) is 4. The molecule has 0 bridgehead atoms. The third-order valence-electron chi connectivity index (χ3n) is 2.21. The summed E-state index contributed by atoms with van der Waals surface area (Å²) in [6.45, 7) is 1.27. The third-order valence-corrected chi connectivity index (χ3v) is 2.21. The van der Waals surface area contributed by atoms with Crippen LogP contribution in [0.1, 0.15) is 17.3 Å². The number of benzene rings is 1. The van der Waals surface area contributed by atoms with Crippen LogP contribution in [0.3, 0.4) is 0 Å². The lowest BCUT2D eigenvalue weighted by Gasteiger charge is -2.12. The number of amides is 3. The molecule has 102 valence electrons. The Bertz CT molecular complexity index is 504. The van der Waals surface area contributed by atoms with Gasteiger partial charge in [0.2, 0.25) is 0 Å². The Morgan fingerprint density at radius 1 is 1.26 bits per heavy atom. The topological polar surface area (TPSA) is 84.5 Å². The van der Waals surface area contributed by atoms with Crippen molar-refractivity contribution in [3.63, 3.8) is 0 Å². The van der Waals surface area contributed by atoms with E-state index in [0.29, 0.717) is 0 Å². The van der Waals surface area contributed by atoms with Crippen LogP contribution in [0.4, 0.5) is 9.18 Å². The van der Waals surface area contributed by atoms with E-state index in [0.717, 1.165) is 6.07 Å². The molecule has 7 heteroatoms. The van der Waals surface area contributed by atoms with Crippen molar-refractivity contribution in [1.29, 1.82) is 0 Å². The summed E-state index contributed by atoms with van der Waals surface area (Å²) >= 11 is 0. The molecule has 0 aromatic heterocycles. The molecule has 0 heterocycles. The van der Waals surface area contributed by atoms with Crippen molar-refractivity contribution in [3.05, 3.63) is 35.6 Å². The van der Waals surface area contributed by atoms with E-state index >= 15 is 0 Å². The van der Waals surface area contributed by atoms with Crippen LogP contribution in [0.25, 0.3) is 0 Å². The van der Waals surface area contributed by atoms with Gasteiger partial charge in [-0.15, -0.1) is 0 Å². The molecule has 1 aromatic carbocycles. The molecule has 1 aromatic rings. The predicted molar refractivity (Wildman–Crippen MR) is 63.9 cm³/mol. The normalized spacial score (nSPS) is 11.3. The molecule has 2 N–H and O–H groups in total. The average molecular weight is 268 g/mol. The number of carbonyl (C=O) groups is 3. The zero-order valence-electron chi connectivity index (χ0n) is 10.4. The Morgan fingerprint density at radius 2 is 1.89 bits per heavy atom. The van der Waals surface area contributed by atoms with Gasteiger partial charge in [0, 0.05) is 7.05 Å². The van der Waals surface area contributed by atoms with Crippen molar-refractivity contribution in [2.75, 3.05) is 7.05 Å². The predicted octanol–water partition coefficient (Wildman–Crippen LogP) is 0.827. The number of carbonyl (C=O) groups excluding carboxylic acids is 3. The lowest BCUT2D eigenvalue weighted by molar-refractivity contribution is -0.127. The molecule has 0 fully saturated rings. The van der Waals surface area contributed by atoms with Gasteiger partial charge < -0.3 is 10.1 Å². The summed E-state index contributed by atoms with van der Waals surface area (Å²) < 4.78 is 18.0. The van der Waals surface area contributed by atoms with Gasteiger partial charge in [-0.2, -0.15) is 0 Å². The van der Waals surface area contributed by atoms with E-state index in [4.69, 9.17) is 4.74 Å². The van der Waals surface area contributed by atoms with Gasteiger partial charge in [0.05, 0.1) is 5.56 Å². The number of ether oxygens (including phenoxy) is 1. The van der Waals surface area contributed by atoms with Crippen LogP contribution in [0.15, 0.2) is 24.3 Å². The molecule has 0 radical (unpaired) electrons. The quantitative estimate of drug-likeness (QED) is 0.795. The number of nitrogens with one attached hydrogen (secondary N) is 2. The van der Waals surface area contributed by atoms with Gasteiger partial charge >= 0.3 is 12.0 Å². The molecule has 0 unspecified atom stereocenters. The summed E-state index contributed by atoms with van der Waals surface area (Å²) in [5, 5.41) is 4.11. The van der Waals surface area contributed by atoms with Gasteiger partial charge in [-0.05, 0) is 19.1 Å². The van der Waals surface area contributed by atoms with Crippen molar-refractivity contribution < 1.29 is 23.5 Å². The molecular formula is C12H13FN2O4. The molecule has 6 nitrogen and oxygen atoms in total. The number of halogens is 1. The summed E-state index contributed by atoms with van der Waals surface area (Å²) in [7, 11) is 1.33. The van der Waals surface area contributed by atoms with Crippen LogP contribution >= 0.6 is 0 Å². The molecule has 0 aliphatic rings. The van der Waals surface area contributed by atoms with Crippen LogP contribution in [-0.4, -0.2) is 31.1 Å². The largest absolute Gasteiger partial charge is 0.449 e. The number of urea groups is 1. The Labute approximate surface area is 108 Å². The average Bonchev–Trinajstić information content (AvgIpc) is 2.38. The maximum atomic E-state index is 13.3. The Hall–Kier alpha value is -2.44. The van der Waals surface area contributed by atoms with Gasteiger partial charge in [-0.1, -0.05) is 12.1 Å². The fourth-order valence-corrected chi connectivity index (χ4v) is 1.18. The van der Waals surface area contributed by atoms with Crippen LogP contribution in [-0.2, 0) is 9.53 Å². The minimum Gasteiger partial charge on any atom is -0.449 e. The second kappa shape index (κ2) is 6.48. The molecule has 0 aliphatic carbocycles. The van der Waals surface area contributed by atoms with E-state index in [9.17, 15) is 18.8 Å². The lowest BCUT2D eigenvalue weighted by atomic mass is 10.2. The summed E-state index contributed by atoms with van der Waals surface area (Å²) in [5.41, 5.74) is -0.276. The Morgan fingerprint density at radius 3 is 2.47 bits per heavy atom. The maximum absolute atomic E-state index is 13.3. The molecule has 0 spiro atoms. The van der Waals surface area contributed by atoms with Crippen molar-refractivity contribution in [3.8, 4) is 0 Å². The molecule has 1 atom stereocenters. The number of esters is 1. The molecule has 0 aliphatic heterocycles. The first-order valence-electron chi connectivity index (χ1n) is 5.43. The van der Waals surface area contributed by atoms with Gasteiger partial charge in [0.25, 0.3) is 5.91 Å². The highest BCUT2D eigenvalue weighted by atomic mass is 19.1. The molecule has 0 saturated heterocycles. The van der Waals surface area contributed by atoms with Crippen LogP contribution in [0.2, 0.25) is 0 Å². The van der Waals surface area contributed by atoms with E-state index in [1.54, 1.807) is 0 Å². The highest BCUT2D eigenvalue weighted by Crippen LogP contribution is 2.09. The second-order valence-corrected chi connectivity index (χ2v) is 3.60. The van der Waals surface area contributed by atoms with E-state index < -0.39 is 29.8 Å². The van der Waals surface area contributed by atoms with E-state index in [-0.39, 0.29) is 5.56 Å². The number of hydrogen-bond donors (Lipinski definition) is 2. The maximum Gasteiger partial charge on any atom is 0.341 e. The minimum atomic E-state index is -1.22. The van der Waals surface area contributed by atoms with Crippen molar-refractivity contribution in [1.82, 2.24) is 10.6 Å². The Balaban J connectivity index is 2.64. The molecule has 0 saturated carbocycles. The highest BCUT2D eigenvalue weighted by molar-refractivity contribution is 5.98. The number of imide groups is 1. The highest BCUT2D eigenvalue weighted by Gasteiger charge is 2.21. The van der Waals surface area contributed by atoms with E-state index in [1.807, 2.05) is 5.32 Å². The molecule has 1 rings (SSSR count).